The molecule has 7 aromatic carbocycles. The maximum atomic E-state index is 5.28. The van der Waals surface area contributed by atoms with E-state index in [0.29, 0.717) is 17.5 Å². The average molecular weight is 705 g/mol. The topological polar surface area (TPSA) is 51.6 Å². The van der Waals surface area contributed by atoms with Gasteiger partial charge in [-0.3, -0.25) is 0 Å². The molecular weight excluding hydrogens is 669 g/mol. The summed E-state index contributed by atoms with van der Waals surface area (Å²) in [5.41, 5.74) is 15.6. The van der Waals surface area contributed by atoms with E-state index < -0.39 is 0 Å². The smallest absolute Gasteiger partial charge is 0.164 e. The van der Waals surface area contributed by atoms with E-state index >= 15 is 0 Å². The summed E-state index contributed by atoms with van der Waals surface area (Å²) in [4.78, 5) is 20.1. The van der Waals surface area contributed by atoms with Crippen molar-refractivity contribution >= 4 is 10.9 Å². The molecule has 10 rings (SSSR count). The zero-order valence-corrected chi connectivity index (χ0v) is 30.6. The second kappa shape index (κ2) is 13.1. The molecule has 1 aliphatic rings. The summed E-state index contributed by atoms with van der Waals surface area (Å²) in [6.07, 6.45) is 0. The number of aromatic nitrogens is 4. The van der Waals surface area contributed by atoms with E-state index in [2.05, 4.69) is 135 Å². The van der Waals surface area contributed by atoms with Crippen LogP contribution in [0.2, 0.25) is 0 Å². The lowest BCUT2D eigenvalue weighted by molar-refractivity contribution is 0.661. The lowest BCUT2D eigenvalue weighted by atomic mass is 9.82. The molecule has 0 radical (unpaired) electrons. The van der Waals surface area contributed by atoms with Crippen LogP contribution in [-0.4, -0.2) is 19.9 Å². The first-order chi connectivity index (χ1) is 27.0. The van der Waals surface area contributed by atoms with Crippen molar-refractivity contribution in [2.24, 2.45) is 0 Å². The third kappa shape index (κ3) is 5.80. The van der Waals surface area contributed by atoms with Gasteiger partial charge in [-0.05, 0) is 68.8 Å². The molecule has 0 saturated carbocycles. The third-order valence-electron chi connectivity index (χ3n) is 10.9. The lowest BCUT2D eigenvalue weighted by Gasteiger charge is -2.22. The van der Waals surface area contributed by atoms with Crippen molar-refractivity contribution in [1.82, 2.24) is 19.9 Å². The zero-order valence-electron chi connectivity index (χ0n) is 30.6. The number of hydrogen-bond acceptors (Lipinski definition) is 4. The second-order valence-electron chi connectivity index (χ2n) is 14.7. The SMILES string of the molecule is CC1(C)c2ccccc2-c2cc3c(-c4ccc(-c5cccc(-c6nc(-c7ccccc7)nc(-c7ccccc7)n6)c5)cc4)cc(-c4ccccc4)nc3cc21. The molecule has 0 aliphatic heterocycles. The average Bonchev–Trinajstić information content (AvgIpc) is 3.48. The summed E-state index contributed by atoms with van der Waals surface area (Å²) in [5, 5.41) is 1.15. The Labute approximate surface area is 320 Å². The van der Waals surface area contributed by atoms with Gasteiger partial charge in [-0.25, -0.2) is 19.9 Å². The first-order valence-electron chi connectivity index (χ1n) is 18.7. The summed E-state index contributed by atoms with van der Waals surface area (Å²) in [5.74, 6) is 1.94. The largest absolute Gasteiger partial charge is 0.248 e. The van der Waals surface area contributed by atoms with E-state index in [0.717, 1.165) is 55.5 Å². The highest BCUT2D eigenvalue weighted by atomic mass is 15.0. The summed E-state index contributed by atoms with van der Waals surface area (Å²) < 4.78 is 0. The van der Waals surface area contributed by atoms with Gasteiger partial charge in [-0.1, -0.05) is 172 Å². The fourth-order valence-corrected chi connectivity index (χ4v) is 8.03. The molecule has 2 heterocycles. The molecule has 4 heteroatoms. The fraction of sp³-hybridized carbons (Fsp3) is 0.0588. The molecule has 1 aliphatic carbocycles. The van der Waals surface area contributed by atoms with Crippen LogP contribution in [0, 0.1) is 0 Å². The molecule has 4 nitrogen and oxygen atoms in total. The molecule has 2 aromatic heterocycles. The Morgan fingerprint density at radius 1 is 0.327 bits per heavy atom. The van der Waals surface area contributed by atoms with Gasteiger partial charge in [-0.2, -0.15) is 0 Å². The van der Waals surface area contributed by atoms with Gasteiger partial charge < -0.3 is 0 Å². The highest BCUT2D eigenvalue weighted by Gasteiger charge is 2.35. The Balaban J connectivity index is 1.07. The maximum Gasteiger partial charge on any atom is 0.164 e. The van der Waals surface area contributed by atoms with Crippen molar-refractivity contribution in [3.8, 4) is 78.8 Å². The van der Waals surface area contributed by atoms with Gasteiger partial charge in [-0.15, -0.1) is 0 Å². The van der Waals surface area contributed by atoms with E-state index in [1.807, 2.05) is 60.7 Å². The standard InChI is InChI=1S/C51H36N4/c1-51(2)44-24-13-12-23-40(44)42-30-43-41(31-46(35-15-6-3-7-16-35)52-47(43)32-45(42)51)34-27-25-33(26-28-34)38-21-14-22-39(29-38)50-54-48(36-17-8-4-9-18-36)53-49(55-50)37-19-10-5-11-20-37/h3-32H,1-2H3. The zero-order chi connectivity index (χ0) is 36.9. The molecule has 0 bridgehead atoms. The van der Waals surface area contributed by atoms with Gasteiger partial charge in [0.1, 0.15) is 0 Å². The molecule has 0 amide bonds. The van der Waals surface area contributed by atoms with E-state index in [4.69, 9.17) is 19.9 Å². The van der Waals surface area contributed by atoms with E-state index in [9.17, 15) is 0 Å². The summed E-state index contributed by atoms with van der Waals surface area (Å²) in [7, 11) is 0. The highest BCUT2D eigenvalue weighted by molar-refractivity contribution is 6.01. The van der Waals surface area contributed by atoms with Crippen molar-refractivity contribution in [2.45, 2.75) is 19.3 Å². The van der Waals surface area contributed by atoms with Gasteiger partial charge >= 0.3 is 0 Å². The Kier molecular flexibility index (Phi) is 7.77. The van der Waals surface area contributed by atoms with Gasteiger partial charge in [0.25, 0.3) is 0 Å². The summed E-state index contributed by atoms with van der Waals surface area (Å²) in [6.45, 7) is 4.65. The molecule has 0 spiro atoms. The van der Waals surface area contributed by atoms with Crippen LogP contribution in [0.4, 0.5) is 0 Å². The molecule has 0 fully saturated rings. The molecule has 0 unspecified atom stereocenters. The van der Waals surface area contributed by atoms with Gasteiger partial charge in [0, 0.05) is 33.1 Å². The van der Waals surface area contributed by atoms with Crippen LogP contribution < -0.4 is 0 Å². The van der Waals surface area contributed by atoms with Crippen molar-refractivity contribution in [1.29, 1.82) is 0 Å². The fourth-order valence-electron chi connectivity index (χ4n) is 8.03. The molecular formula is C51H36N4. The lowest BCUT2D eigenvalue weighted by Crippen LogP contribution is -2.14. The third-order valence-corrected chi connectivity index (χ3v) is 10.9. The van der Waals surface area contributed by atoms with E-state index in [1.54, 1.807) is 0 Å². The normalized spacial score (nSPS) is 12.7. The van der Waals surface area contributed by atoms with Crippen LogP contribution in [0.5, 0.6) is 0 Å². The Morgan fingerprint density at radius 3 is 1.51 bits per heavy atom. The number of fused-ring (bicyclic) bond motifs is 4. The van der Waals surface area contributed by atoms with Gasteiger partial charge in [0.05, 0.1) is 11.2 Å². The van der Waals surface area contributed by atoms with Crippen molar-refractivity contribution in [3.63, 3.8) is 0 Å². The first-order valence-corrected chi connectivity index (χ1v) is 18.7. The molecule has 9 aromatic rings. The molecule has 0 N–H and O–H groups in total. The number of pyridine rings is 1. The predicted molar refractivity (Wildman–Crippen MR) is 225 cm³/mol. The van der Waals surface area contributed by atoms with E-state index in [-0.39, 0.29) is 5.41 Å². The monoisotopic (exact) mass is 704 g/mol. The van der Waals surface area contributed by atoms with Crippen molar-refractivity contribution < 1.29 is 0 Å². The Bertz CT molecular complexity index is 2810. The number of rotatable bonds is 6. The highest BCUT2D eigenvalue weighted by Crippen LogP contribution is 2.50. The van der Waals surface area contributed by atoms with Crippen LogP contribution in [-0.2, 0) is 5.41 Å². The van der Waals surface area contributed by atoms with Crippen LogP contribution in [0.15, 0.2) is 182 Å². The summed E-state index contributed by atoms with van der Waals surface area (Å²) in [6, 6.07) is 63.8. The molecule has 260 valence electrons. The first kappa shape index (κ1) is 32.6. The minimum atomic E-state index is -0.103. The van der Waals surface area contributed by atoms with Gasteiger partial charge in [0.2, 0.25) is 0 Å². The minimum absolute atomic E-state index is 0.103. The Morgan fingerprint density at radius 2 is 0.855 bits per heavy atom. The number of nitrogens with zero attached hydrogens (tertiary/aromatic N) is 4. The minimum Gasteiger partial charge on any atom is -0.248 e. The summed E-state index contributed by atoms with van der Waals surface area (Å²) >= 11 is 0. The number of hydrogen-bond donors (Lipinski definition) is 0. The second-order valence-corrected chi connectivity index (χ2v) is 14.7. The molecule has 0 saturated heterocycles. The van der Waals surface area contributed by atoms with Gasteiger partial charge in [0.15, 0.2) is 17.5 Å². The quantitative estimate of drug-likeness (QED) is 0.173. The molecule has 0 atom stereocenters. The maximum absolute atomic E-state index is 5.28. The van der Waals surface area contributed by atoms with Crippen molar-refractivity contribution in [3.05, 3.63) is 193 Å². The van der Waals surface area contributed by atoms with Crippen LogP contribution in [0.1, 0.15) is 25.0 Å². The predicted octanol–water partition coefficient (Wildman–Crippen LogP) is 12.7. The molecule has 55 heavy (non-hydrogen) atoms. The van der Waals surface area contributed by atoms with E-state index in [1.165, 1.54) is 27.8 Å². The van der Waals surface area contributed by atoms with Crippen LogP contribution >= 0.6 is 0 Å². The Hall–Kier alpha value is -7.04. The van der Waals surface area contributed by atoms with Crippen molar-refractivity contribution in [2.75, 3.05) is 0 Å². The van der Waals surface area contributed by atoms with Crippen LogP contribution in [0.25, 0.3) is 89.7 Å². The number of benzene rings is 7. The van der Waals surface area contributed by atoms with Crippen LogP contribution in [0.3, 0.4) is 0 Å².